The van der Waals surface area contributed by atoms with Gasteiger partial charge in [-0.15, -0.1) is 0 Å². The lowest BCUT2D eigenvalue weighted by Gasteiger charge is -2.50. The number of hydrogen-bond acceptors (Lipinski definition) is 6. The maximum atomic E-state index is 16.9. The molecule has 0 N–H and O–H groups in total. The number of carbonyl (C=O) groups is 1. The molecule has 0 amide bonds. The second kappa shape index (κ2) is 10.0. The Labute approximate surface area is 243 Å². The van der Waals surface area contributed by atoms with Crippen molar-refractivity contribution in [3.8, 4) is 0 Å². The third kappa shape index (κ3) is 5.09. The van der Waals surface area contributed by atoms with Gasteiger partial charge in [-0.05, 0) is 93.4 Å². The van der Waals surface area contributed by atoms with Crippen LogP contribution < -0.4 is 5.19 Å². The minimum absolute atomic E-state index is 0.0151. The molecule has 4 rings (SSSR count). The SMILES string of the molecule is CC[Si](CC)(CC)c1cc(Br)nc([C@@]2(C)N=C(CC(=O)OC(C)(C)C)C(C)(C)[S@@]3(=O)=NCC4(CC4)C[C@H]23)c1F. The predicted octanol–water partition coefficient (Wildman–Crippen LogP) is 6.90. The van der Waals surface area contributed by atoms with E-state index < -0.39 is 44.9 Å². The number of aliphatic imine (C=N–C) groups is 1. The summed E-state index contributed by atoms with van der Waals surface area (Å²) in [6.07, 6.45) is 2.61. The van der Waals surface area contributed by atoms with Gasteiger partial charge in [0, 0.05) is 5.71 Å². The number of halogens is 2. The summed E-state index contributed by atoms with van der Waals surface area (Å²) in [5.74, 6) is -0.763. The Morgan fingerprint density at radius 2 is 1.77 bits per heavy atom. The molecule has 1 fully saturated rings. The molecule has 1 aliphatic carbocycles. The van der Waals surface area contributed by atoms with E-state index in [0.717, 1.165) is 36.2 Å². The van der Waals surface area contributed by atoms with Gasteiger partial charge < -0.3 is 4.74 Å². The fraction of sp³-hybridized carbons (Fsp3) is 0.759. The van der Waals surface area contributed by atoms with Crippen LogP contribution in [0, 0.1) is 11.2 Å². The van der Waals surface area contributed by atoms with E-state index in [0.29, 0.717) is 23.3 Å². The average molecular weight is 643 g/mol. The van der Waals surface area contributed by atoms with Gasteiger partial charge in [0.2, 0.25) is 0 Å². The number of hydrogen-bond donors (Lipinski definition) is 0. The minimum atomic E-state index is -2.95. The highest BCUT2D eigenvalue weighted by Gasteiger charge is 2.62. The van der Waals surface area contributed by atoms with E-state index in [4.69, 9.17) is 19.1 Å². The molecule has 0 radical (unpaired) electrons. The number of pyridine rings is 1. The topological polar surface area (TPSA) is 81.0 Å². The van der Waals surface area contributed by atoms with Gasteiger partial charge in [-0.1, -0.05) is 38.9 Å². The minimum Gasteiger partial charge on any atom is -0.460 e. The van der Waals surface area contributed by atoms with Crippen molar-refractivity contribution in [1.29, 1.82) is 0 Å². The smallest absolute Gasteiger partial charge is 0.312 e. The lowest BCUT2D eigenvalue weighted by atomic mass is 9.84. The Morgan fingerprint density at radius 3 is 2.28 bits per heavy atom. The second-order valence-electron chi connectivity index (χ2n) is 13.5. The molecule has 1 saturated carbocycles. The monoisotopic (exact) mass is 641 g/mol. The summed E-state index contributed by atoms with van der Waals surface area (Å²) in [6.45, 7) is 18.1. The van der Waals surface area contributed by atoms with E-state index in [1.54, 1.807) is 0 Å². The predicted molar refractivity (Wildman–Crippen MR) is 164 cm³/mol. The fourth-order valence-electron chi connectivity index (χ4n) is 6.63. The number of ether oxygens (including phenoxy) is 1. The van der Waals surface area contributed by atoms with Gasteiger partial charge in [-0.3, -0.25) is 9.79 Å². The zero-order valence-corrected chi connectivity index (χ0v) is 28.4. The van der Waals surface area contributed by atoms with Crippen molar-refractivity contribution in [2.45, 2.75) is 127 Å². The van der Waals surface area contributed by atoms with Crippen LogP contribution in [0.1, 0.15) is 93.7 Å². The van der Waals surface area contributed by atoms with E-state index in [1.165, 1.54) is 0 Å². The van der Waals surface area contributed by atoms with Crippen LogP contribution in [0.15, 0.2) is 20.0 Å². The molecule has 10 heteroatoms. The van der Waals surface area contributed by atoms with Gasteiger partial charge in [0.05, 0.1) is 40.8 Å². The van der Waals surface area contributed by atoms with Gasteiger partial charge >= 0.3 is 5.97 Å². The van der Waals surface area contributed by atoms with Crippen LogP contribution in [-0.4, -0.2) is 51.1 Å². The third-order valence-electron chi connectivity index (χ3n) is 9.71. The third-order valence-corrected chi connectivity index (χ3v) is 19.3. The molecule has 218 valence electrons. The van der Waals surface area contributed by atoms with Crippen LogP contribution in [0.3, 0.4) is 0 Å². The molecule has 2 aliphatic heterocycles. The van der Waals surface area contributed by atoms with E-state index >= 15 is 8.60 Å². The van der Waals surface area contributed by atoms with Crippen LogP contribution in [0.5, 0.6) is 0 Å². The van der Waals surface area contributed by atoms with E-state index in [1.807, 2.05) is 47.6 Å². The maximum absolute atomic E-state index is 16.9. The van der Waals surface area contributed by atoms with Gasteiger partial charge in [0.25, 0.3) is 0 Å². The highest BCUT2D eigenvalue weighted by Crippen LogP contribution is 2.59. The molecule has 3 heterocycles. The Morgan fingerprint density at radius 1 is 1.18 bits per heavy atom. The quantitative estimate of drug-likeness (QED) is 0.184. The van der Waals surface area contributed by atoms with Gasteiger partial charge in [0.1, 0.15) is 27.3 Å². The van der Waals surface area contributed by atoms with Crippen molar-refractivity contribution in [1.82, 2.24) is 4.98 Å². The summed E-state index contributed by atoms with van der Waals surface area (Å²) < 4.78 is 42.2. The highest BCUT2D eigenvalue weighted by molar-refractivity contribution is 9.10. The Hall–Kier alpha value is -1.13. The first-order valence-corrected chi connectivity index (χ1v) is 19.3. The molecule has 1 aromatic rings. The lowest BCUT2D eigenvalue weighted by Crippen LogP contribution is -2.60. The number of fused-ring (bicyclic) bond motifs is 1. The molecule has 1 spiro atoms. The maximum Gasteiger partial charge on any atom is 0.312 e. The average Bonchev–Trinajstić information content (AvgIpc) is 3.60. The number of aromatic nitrogens is 1. The first-order chi connectivity index (χ1) is 17.9. The molecular weight excluding hydrogens is 597 g/mol. The highest BCUT2D eigenvalue weighted by atomic mass is 79.9. The number of carbonyl (C=O) groups excluding carboxylic acids is 1. The summed E-state index contributed by atoms with van der Waals surface area (Å²) in [6, 6.07) is 4.61. The van der Waals surface area contributed by atoms with Gasteiger partial charge in [-0.2, -0.15) is 0 Å². The molecular formula is C29H45BrFN3O3SSi. The van der Waals surface area contributed by atoms with Crippen LogP contribution in [-0.2, 0) is 24.8 Å². The van der Waals surface area contributed by atoms with Crippen molar-refractivity contribution in [3.63, 3.8) is 0 Å². The van der Waals surface area contributed by atoms with E-state index in [-0.39, 0.29) is 23.3 Å². The molecule has 3 aliphatic rings. The normalized spacial score (nSPS) is 29.3. The first-order valence-electron chi connectivity index (χ1n) is 14.3. The standard InChI is InChI=1S/C29H45BrFN3O3SSi/c1-10-39(11-2,12-3)19-15-22(30)33-25(24(19)31)28(9)21-17-29(13-14-29)18-32-38(21,36)27(7,8)20(34-28)16-23(35)37-26(4,5)6/h15,21H,10-14,16-18H2,1-9H3/t21-,28+,38-/m1/s1. The molecule has 3 atom stereocenters. The molecule has 0 bridgehead atoms. The Kier molecular flexibility index (Phi) is 7.90. The van der Waals surface area contributed by atoms with Crippen molar-refractivity contribution < 1.29 is 18.1 Å². The Bertz CT molecular complexity index is 1320. The molecule has 0 unspecified atom stereocenters. The van der Waals surface area contributed by atoms with Crippen LogP contribution >= 0.6 is 15.9 Å². The summed E-state index contributed by atoms with van der Waals surface area (Å²) in [5.41, 5.74) is -1.22. The molecule has 1 aromatic heterocycles. The van der Waals surface area contributed by atoms with Crippen molar-refractivity contribution >= 4 is 50.6 Å². The van der Waals surface area contributed by atoms with E-state index in [2.05, 4.69) is 36.7 Å². The van der Waals surface area contributed by atoms with Crippen LogP contribution in [0.2, 0.25) is 18.1 Å². The molecule has 6 nitrogen and oxygen atoms in total. The second-order valence-corrected chi connectivity index (χ2v) is 22.5. The summed E-state index contributed by atoms with van der Waals surface area (Å²) in [7, 11) is -5.09. The molecule has 39 heavy (non-hydrogen) atoms. The Balaban J connectivity index is 1.99. The summed E-state index contributed by atoms with van der Waals surface area (Å²) in [4.78, 5) is 23.0. The molecule has 0 saturated heterocycles. The fourth-order valence-corrected chi connectivity index (χ4v) is 14.4. The van der Waals surface area contributed by atoms with Gasteiger partial charge in [0.15, 0.2) is 0 Å². The number of rotatable bonds is 7. The van der Waals surface area contributed by atoms with Crippen molar-refractivity contribution in [2.75, 3.05) is 6.54 Å². The van der Waals surface area contributed by atoms with Crippen molar-refractivity contribution in [3.05, 3.63) is 22.2 Å². The largest absolute Gasteiger partial charge is 0.460 e. The van der Waals surface area contributed by atoms with E-state index in [9.17, 15) is 4.79 Å². The zero-order valence-electron chi connectivity index (χ0n) is 25.0. The summed E-state index contributed by atoms with van der Waals surface area (Å²) >= 11 is 3.59. The first kappa shape index (κ1) is 30.8. The lowest BCUT2D eigenvalue weighted by molar-refractivity contribution is -0.153. The number of esters is 1. The van der Waals surface area contributed by atoms with Gasteiger partial charge in [-0.25, -0.2) is 17.9 Å². The molecule has 0 aromatic carbocycles. The zero-order chi connectivity index (χ0) is 29.2. The number of nitrogens with zero attached hydrogens (tertiary/aromatic N) is 3. The van der Waals surface area contributed by atoms with Crippen LogP contribution in [0.25, 0.3) is 0 Å². The van der Waals surface area contributed by atoms with Crippen LogP contribution in [0.4, 0.5) is 4.39 Å². The summed E-state index contributed by atoms with van der Waals surface area (Å²) in [5, 5.41) is 0.242. The van der Waals surface area contributed by atoms with Crippen molar-refractivity contribution in [2.24, 2.45) is 14.8 Å².